The van der Waals surface area contributed by atoms with Crippen LogP contribution in [0.5, 0.6) is 5.75 Å². The highest BCUT2D eigenvalue weighted by Crippen LogP contribution is 2.38. The van der Waals surface area contributed by atoms with Gasteiger partial charge in [0.1, 0.15) is 18.2 Å². The zero-order chi connectivity index (χ0) is 23.7. The highest BCUT2D eigenvalue weighted by Gasteiger charge is 2.31. The lowest BCUT2D eigenvalue weighted by Gasteiger charge is -2.36. The fourth-order valence-corrected chi connectivity index (χ4v) is 5.01. The van der Waals surface area contributed by atoms with E-state index in [1.54, 1.807) is 36.4 Å². The third kappa shape index (κ3) is 4.55. The number of likely N-dealkylation sites (tertiary alicyclic amines) is 1. The summed E-state index contributed by atoms with van der Waals surface area (Å²) in [7, 11) is 0. The summed E-state index contributed by atoms with van der Waals surface area (Å²) >= 11 is 0. The molecule has 7 heteroatoms. The van der Waals surface area contributed by atoms with Crippen LogP contribution >= 0.6 is 0 Å². The molecule has 5 rings (SSSR count). The van der Waals surface area contributed by atoms with Gasteiger partial charge in [0.05, 0.1) is 0 Å². The summed E-state index contributed by atoms with van der Waals surface area (Å²) in [4.78, 5) is 30.5. The molecular formula is C27H24F2N2O3. The van der Waals surface area contributed by atoms with Crippen molar-refractivity contribution in [3.63, 3.8) is 0 Å². The van der Waals surface area contributed by atoms with Crippen molar-refractivity contribution >= 4 is 11.7 Å². The maximum Gasteiger partial charge on any atom is 0.253 e. The molecule has 0 saturated carbocycles. The lowest BCUT2D eigenvalue weighted by molar-refractivity contribution is -0.121. The molecule has 34 heavy (non-hydrogen) atoms. The number of Topliss-reactive ketones (excluding diaryl/α,β-unsaturated/α-hetero) is 1. The minimum absolute atomic E-state index is 0.0000290. The number of aromatic nitrogens is 1. The van der Waals surface area contributed by atoms with Crippen LogP contribution < -0.4 is 4.74 Å². The quantitative estimate of drug-likeness (QED) is 0.534. The Labute approximate surface area is 196 Å². The number of halogens is 2. The summed E-state index contributed by atoms with van der Waals surface area (Å²) < 4.78 is 32.4. The van der Waals surface area contributed by atoms with E-state index in [2.05, 4.69) is 4.98 Å². The summed E-state index contributed by atoms with van der Waals surface area (Å²) in [5.74, 6) is -0.142. The molecule has 0 spiro atoms. The van der Waals surface area contributed by atoms with Crippen molar-refractivity contribution in [2.75, 3.05) is 19.7 Å². The van der Waals surface area contributed by atoms with Crippen LogP contribution in [-0.2, 0) is 11.2 Å². The molecule has 2 aliphatic heterocycles. The van der Waals surface area contributed by atoms with Crippen LogP contribution in [0.3, 0.4) is 0 Å². The van der Waals surface area contributed by atoms with Gasteiger partial charge in [0.2, 0.25) is 5.95 Å². The standard InChI is InChI=1S/C27H24F2N2O3/c28-22-5-1-17(2-6-22)26(20-4-8-25(29)30-15-20)18-9-11-31(12-10-18)27(33)19-3-7-24-21(13-19)14-23(32)16-34-24/h1-8,13,15,18,26H,9-12,14,16H2/t26-/m1/s1. The summed E-state index contributed by atoms with van der Waals surface area (Å²) in [6, 6.07) is 14.7. The topological polar surface area (TPSA) is 59.5 Å². The zero-order valence-corrected chi connectivity index (χ0v) is 18.5. The second kappa shape index (κ2) is 9.33. The predicted molar refractivity (Wildman–Crippen MR) is 122 cm³/mol. The number of hydrogen-bond acceptors (Lipinski definition) is 4. The van der Waals surface area contributed by atoms with Crippen LogP contribution in [0.1, 0.15) is 45.8 Å². The Bertz CT molecular complexity index is 1160. The monoisotopic (exact) mass is 462 g/mol. The fraction of sp³-hybridized carbons (Fsp3) is 0.296. The first-order chi connectivity index (χ1) is 16.5. The minimum atomic E-state index is -0.542. The Morgan fingerprint density at radius 1 is 1.00 bits per heavy atom. The normalized spacial score (nSPS) is 17.1. The van der Waals surface area contributed by atoms with Gasteiger partial charge in [-0.25, -0.2) is 9.37 Å². The van der Waals surface area contributed by atoms with Crippen LogP contribution in [0, 0.1) is 17.7 Å². The number of fused-ring (bicyclic) bond motifs is 1. The van der Waals surface area contributed by atoms with Crippen molar-refractivity contribution in [2.45, 2.75) is 25.2 Å². The average molecular weight is 462 g/mol. The Hall–Kier alpha value is -3.61. The van der Waals surface area contributed by atoms with E-state index in [-0.39, 0.29) is 42.4 Å². The highest BCUT2D eigenvalue weighted by atomic mass is 19.1. The van der Waals surface area contributed by atoms with Crippen molar-refractivity contribution in [1.29, 1.82) is 0 Å². The van der Waals surface area contributed by atoms with Gasteiger partial charge in [-0.3, -0.25) is 9.59 Å². The molecule has 3 heterocycles. The number of benzene rings is 2. The van der Waals surface area contributed by atoms with Crippen molar-refractivity contribution in [3.05, 3.63) is 94.8 Å². The van der Waals surface area contributed by atoms with Gasteiger partial charge in [0.25, 0.3) is 5.91 Å². The van der Waals surface area contributed by atoms with Crippen molar-refractivity contribution in [3.8, 4) is 5.75 Å². The smallest absolute Gasteiger partial charge is 0.253 e. The summed E-state index contributed by atoms with van der Waals surface area (Å²) in [6.45, 7) is 1.22. The molecule has 1 saturated heterocycles. The van der Waals surface area contributed by atoms with Crippen molar-refractivity contribution in [2.24, 2.45) is 5.92 Å². The first-order valence-electron chi connectivity index (χ1n) is 11.4. The SMILES string of the molecule is O=C1COc2ccc(C(=O)N3CCC([C@@H](c4ccc(F)cc4)c4ccc(F)nc4)CC3)cc2C1. The highest BCUT2D eigenvalue weighted by molar-refractivity contribution is 5.95. The number of ketones is 1. The van der Waals surface area contributed by atoms with Gasteiger partial charge in [-0.15, -0.1) is 0 Å². The third-order valence-corrected chi connectivity index (χ3v) is 6.72. The van der Waals surface area contributed by atoms with Gasteiger partial charge < -0.3 is 9.64 Å². The molecule has 174 valence electrons. The molecule has 1 atom stereocenters. The molecule has 3 aromatic rings. The van der Waals surface area contributed by atoms with E-state index in [0.29, 0.717) is 24.4 Å². The summed E-state index contributed by atoms with van der Waals surface area (Å²) in [5, 5.41) is 0. The van der Waals surface area contributed by atoms with Crippen LogP contribution in [0.25, 0.3) is 0 Å². The Morgan fingerprint density at radius 2 is 1.74 bits per heavy atom. The van der Waals surface area contributed by atoms with E-state index in [1.165, 1.54) is 24.4 Å². The van der Waals surface area contributed by atoms with Gasteiger partial charge in [-0.05, 0) is 66.3 Å². The molecule has 2 aliphatic rings. The average Bonchev–Trinajstić information content (AvgIpc) is 2.86. The van der Waals surface area contributed by atoms with Gasteiger partial charge in [-0.2, -0.15) is 4.39 Å². The molecule has 0 aliphatic carbocycles. The molecule has 0 unspecified atom stereocenters. The molecule has 0 bridgehead atoms. The van der Waals surface area contributed by atoms with Gasteiger partial charge in [-0.1, -0.05) is 18.2 Å². The third-order valence-electron chi connectivity index (χ3n) is 6.72. The molecule has 0 N–H and O–H groups in total. The molecule has 2 aromatic carbocycles. The number of carbonyl (C=O) groups is 2. The lowest BCUT2D eigenvalue weighted by Crippen LogP contribution is -2.40. The second-order valence-corrected chi connectivity index (χ2v) is 8.90. The van der Waals surface area contributed by atoms with E-state index in [0.717, 1.165) is 29.5 Å². The zero-order valence-electron chi connectivity index (χ0n) is 18.5. The van der Waals surface area contributed by atoms with Crippen LogP contribution in [0.15, 0.2) is 60.8 Å². The number of nitrogens with zero attached hydrogens (tertiary/aromatic N) is 2. The molecule has 1 amide bonds. The van der Waals surface area contributed by atoms with E-state index in [4.69, 9.17) is 4.74 Å². The first kappa shape index (κ1) is 22.2. The van der Waals surface area contributed by atoms with E-state index >= 15 is 0 Å². The van der Waals surface area contributed by atoms with Crippen LogP contribution in [0.4, 0.5) is 8.78 Å². The second-order valence-electron chi connectivity index (χ2n) is 8.90. The van der Waals surface area contributed by atoms with Crippen LogP contribution in [0.2, 0.25) is 0 Å². The number of carbonyl (C=O) groups excluding carboxylic acids is 2. The predicted octanol–water partition coefficient (Wildman–Crippen LogP) is 4.55. The van der Waals surface area contributed by atoms with E-state index in [9.17, 15) is 18.4 Å². The van der Waals surface area contributed by atoms with E-state index < -0.39 is 5.95 Å². The first-order valence-corrected chi connectivity index (χ1v) is 11.4. The van der Waals surface area contributed by atoms with Crippen LogP contribution in [-0.4, -0.2) is 41.3 Å². The number of amides is 1. The van der Waals surface area contributed by atoms with Gasteiger partial charge >= 0.3 is 0 Å². The molecule has 5 nitrogen and oxygen atoms in total. The molecular weight excluding hydrogens is 438 g/mol. The molecule has 1 aromatic heterocycles. The van der Waals surface area contributed by atoms with E-state index in [1.807, 2.05) is 4.90 Å². The Balaban J connectivity index is 1.33. The number of hydrogen-bond donors (Lipinski definition) is 0. The number of rotatable bonds is 4. The number of pyridine rings is 1. The maximum absolute atomic E-state index is 13.5. The van der Waals surface area contributed by atoms with Gasteiger partial charge in [0, 0.05) is 42.8 Å². The molecule has 1 fully saturated rings. The number of piperidine rings is 1. The van der Waals surface area contributed by atoms with Gasteiger partial charge in [0.15, 0.2) is 5.78 Å². The number of ether oxygens (including phenoxy) is 1. The Kier molecular flexibility index (Phi) is 6.09. The summed E-state index contributed by atoms with van der Waals surface area (Å²) in [5.41, 5.74) is 3.11. The van der Waals surface area contributed by atoms with Crippen molar-refractivity contribution < 1.29 is 23.1 Å². The maximum atomic E-state index is 13.5. The molecule has 0 radical (unpaired) electrons. The largest absolute Gasteiger partial charge is 0.486 e. The lowest BCUT2D eigenvalue weighted by atomic mass is 9.76. The van der Waals surface area contributed by atoms with Crippen molar-refractivity contribution in [1.82, 2.24) is 9.88 Å². The minimum Gasteiger partial charge on any atom is -0.486 e. The Morgan fingerprint density at radius 3 is 2.44 bits per heavy atom. The summed E-state index contributed by atoms with van der Waals surface area (Å²) in [6.07, 6.45) is 3.32. The fourth-order valence-electron chi connectivity index (χ4n) is 5.01.